The van der Waals surface area contributed by atoms with Crippen LogP contribution in [0.15, 0.2) is 18.2 Å². The van der Waals surface area contributed by atoms with E-state index in [1.54, 1.807) is 11.8 Å². The molecule has 0 spiro atoms. The highest BCUT2D eigenvalue weighted by Gasteiger charge is 2.06. The minimum Gasteiger partial charge on any atom is -0.323 e. The zero-order valence-electron chi connectivity index (χ0n) is 7.88. The highest BCUT2D eigenvalue weighted by Crippen LogP contribution is 2.17. The van der Waals surface area contributed by atoms with Crippen LogP contribution < -0.4 is 5.73 Å². The summed E-state index contributed by atoms with van der Waals surface area (Å²) in [7, 11) is 0. The number of nitrogens with two attached hydrogens (primary N) is 1. The van der Waals surface area contributed by atoms with Gasteiger partial charge in [-0.1, -0.05) is 6.07 Å². The van der Waals surface area contributed by atoms with Crippen molar-refractivity contribution in [2.75, 3.05) is 12.0 Å². The van der Waals surface area contributed by atoms with Gasteiger partial charge in [-0.2, -0.15) is 11.8 Å². The quantitative estimate of drug-likeness (QED) is 0.809. The predicted molar refractivity (Wildman–Crippen MR) is 56.4 cm³/mol. The van der Waals surface area contributed by atoms with Gasteiger partial charge in [0.15, 0.2) is 0 Å². The average molecular weight is 199 g/mol. The van der Waals surface area contributed by atoms with Gasteiger partial charge in [0.2, 0.25) is 0 Å². The molecule has 0 amide bonds. The van der Waals surface area contributed by atoms with Crippen LogP contribution in [0.5, 0.6) is 0 Å². The largest absolute Gasteiger partial charge is 0.323 e. The molecule has 2 N–H and O–H groups in total. The van der Waals surface area contributed by atoms with Crippen molar-refractivity contribution in [3.8, 4) is 0 Å². The second kappa shape index (κ2) is 4.63. The average Bonchev–Trinajstić information content (AvgIpc) is 2.03. The van der Waals surface area contributed by atoms with Crippen LogP contribution in [0.4, 0.5) is 4.39 Å². The van der Waals surface area contributed by atoms with E-state index in [1.165, 1.54) is 12.1 Å². The zero-order valence-corrected chi connectivity index (χ0v) is 8.70. The predicted octanol–water partition coefficient (Wildman–Crippen LogP) is 2.50. The van der Waals surface area contributed by atoms with E-state index in [0.29, 0.717) is 0 Å². The Hall–Kier alpha value is -0.540. The lowest BCUT2D eigenvalue weighted by molar-refractivity contribution is 0.621. The summed E-state index contributed by atoms with van der Waals surface area (Å²) in [5.41, 5.74) is 7.66. The van der Waals surface area contributed by atoms with Crippen LogP contribution in [0.25, 0.3) is 0 Å². The third kappa shape index (κ3) is 3.01. The van der Waals surface area contributed by atoms with E-state index in [1.807, 2.05) is 19.2 Å². The Bertz CT molecular complexity index is 268. The van der Waals surface area contributed by atoms with E-state index in [0.717, 1.165) is 16.9 Å². The number of hydrogen-bond donors (Lipinski definition) is 1. The molecule has 0 saturated carbocycles. The van der Waals surface area contributed by atoms with E-state index >= 15 is 0 Å². The minimum atomic E-state index is -0.202. The Morgan fingerprint density at radius 3 is 2.69 bits per heavy atom. The molecule has 0 aromatic heterocycles. The third-order valence-corrected chi connectivity index (χ3v) is 2.53. The van der Waals surface area contributed by atoms with E-state index < -0.39 is 0 Å². The minimum absolute atomic E-state index is 0.0654. The number of aryl methyl sites for hydroxylation is 1. The van der Waals surface area contributed by atoms with Gasteiger partial charge in [0.25, 0.3) is 0 Å². The first-order valence-corrected chi connectivity index (χ1v) is 5.54. The van der Waals surface area contributed by atoms with Crippen LogP contribution in [0.1, 0.15) is 17.2 Å². The molecule has 72 valence electrons. The number of thioether (sulfide) groups is 1. The van der Waals surface area contributed by atoms with Gasteiger partial charge >= 0.3 is 0 Å². The summed E-state index contributed by atoms with van der Waals surface area (Å²) in [6.07, 6.45) is 1.99. The summed E-state index contributed by atoms with van der Waals surface area (Å²) in [6.45, 7) is 1.87. The highest BCUT2D eigenvalue weighted by atomic mass is 32.2. The van der Waals surface area contributed by atoms with Gasteiger partial charge in [-0.05, 0) is 36.4 Å². The Labute approximate surface area is 82.5 Å². The first-order chi connectivity index (χ1) is 6.13. The maximum atomic E-state index is 13.0. The lowest BCUT2D eigenvalue weighted by Crippen LogP contribution is -2.13. The van der Waals surface area contributed by atoms with E-state index in [4.69, 9.17) is 5.73 Å². The Balaban J connectivity index is 2.87. The van der Waals surface area contributed by atoms with Gasteiger partial charge in [0.1, 0.15) is 5.82 Å². The van der Waals surface area contributed by atoms with Crippen LogP contribution in [0.3, 0.4) is 0 Å². The molecule has 0 bridgehead atoms. The van der Waals surface area contributed by atoms with Crippen LogP contribution in [-0.4, -0.2) is 12.0 Å². The van der Waals surface area contributed by atoms with Crippen molar-refractivity contribution < 1.29 is 4.39 Å². The monoisotopic (exact) mass is 199 g/mol. The fourth-order valence-corrected chi connectivity index (χ4v) is 1.81. The number of benzene rings is 1. The second-order valence-electron chi connectivity index (χ2n) is 3.12. The number of hydrogen-bond acceptors (Lipinski definition) is 2. The lowest BCUT2D eigenvalue weighted by Gasteiger charge is -2.11. The molecule has 1 atom stereocenters. The molecule has 0 aliphatic heterocycles. The molecule has 0 aliphatic rings. The van der Waals surface area contributed by atoms with Gasteiger partial charge in [-0.3, -0.25) is 0 Å². The van der Waals surface area contributed by atoms with Gasteiger partial charge in [-0.15, -0.1) is 0 Å². The molecule has 0 radical (unpaired) electrons. The van der Waals surface area contributed by atoms with Crippen molar-refractivity contribution >= 4 is 11.8 Å². The lowest BCUT2D eigenvalue weighted by atomic mass is 10.1. The summed E-state index contributed by atoms with van der Waals surface area (Å²) >= 11 is 1.67. The van der Waals surface area contributed by atoms with Crippen LogP contribution in [0, 0.1) is 12.7 Å². The molecule has 0 fully saturated rings. The second-order valence-corrected chi connectivity index (χ2v) is 4.03. The van der Waals surface area contributed by atoms with Crippen molar-refractivity contribution in [3.05, 3.63) is 35.1 Å². The van der Waals surface area contributed by atoms with Crippen molar-refractivity contribution in [3.63, 3.8) is 0 Å². The summed E-state index contributed by atoms with van der Waals surface area (Å²) < 4.78 is 13.0. The maximum Gasteiger partial charge on any atom is 0.123 e. The van der Waals surface area contributed by atoms with Crippen molar-refractivity contribution in [2.45, 2.75) is 13.0 Å². The number of rotatable bonds is 3. The van der Waals surface area contributed by atoms with E-state index in [2.05, 4.69) is 0 Å². The normalized spacial score (nSPS) is 12.9. The van der Waals surface area contributed by atoms with Gasteiger partial charge < -0.3 is 5.73 Å². The topological polar surface area (TPSA) is 26.0 Å². The maximum absolute atomic E-state index is 13.0. The highest BCUT2D eigenvalue weighted by molar-refractivity contribution is 7.98. The third-order valence-electron chi connectivity index (χ3n) is 1.84. The van der Waals surface area contributed by atoms with Crippen LogP contribution in [-0.2, 0) is 0 Å². The summed E-state index contributed by atoms with van der Waals surface area (Å²) in [4.78, 5) is 0. The molecule has 1 rings (SSSR count). The first-order valence-electron chi connectivity index (χ1n) is 4.15. The van der Waals surface area contributed by atoms with Gasteiger partial charge in [0.05, 0.1) is 0 Å². The van der Waals surface area contributed by atoms with E-state index in [9.17, 15) is 4.39 Å². The van der Waals surface area contributed by atoms with Crippen LogP contribution in [0.2, 0.25) is 0 Å². The van der Waals surface area contributed by atoms with Crippen molar-refractivity contribution in [1.82, 2.24) is 0 Å². The SMILES string of the molecule is CSCC(N)c1cc(C)cc(F)c1. The molecule has 1 aromatic carbocycles. The van der Waals surface area contributed by atoms with Crippen LogP contribution >= 0.6 is 11.8 Å². The van der Waals surface area contributed by atoms with Crippen molar-refractivity contribution in [1.29, 1.82) is 0 Å². The first kappa shape index (κ1) is 10.5. The van der Waals surface area contributed by atoms with E-state index in [-0.39, 0.29) is 11.9 Å². The molecule has 1 nitrogen and oxygen atoms in total. The van der Waals surface area contributed by atoms with Gasteiger partial charge in [-0.25, -0.2) is 4.39 Å². The summed E-state index contributed by atoms with van der Waals surface area (Å²) in [5.74, 6) is 0.620. The molecule has 0 saturated heterocycles. The number of halogens is 1. The fourth-order valence-electron chi connectivity index (χ4n) is 1.25. The Morgan fingerprint density at radius 1 is 1.46 bits per heavy atom. The molecule has 1 aromatic rings. The van der Waals surface area contributed by atoms with Gasteiger partial charge in [0, 0.05) is 11.8 Å². The molecular formula is C10H14FNS. The molecule has 0 heterocycles. The Kier molecular flexibility index (Phi) is 3.75. The zero-order chi connectivity index (χ0) is 9.84. The molecule has 3 heteroatoms. The molecule has 13 heavy (non-hydrogen) atoms. The smallest absolute Gasteiger partial charge is 0.123 e. The molecular weight excluding hydrogens is 185 g/mol. The molecule has 1 unspecified atom stereocenters. The molecule has 0 aliphatic carbocycles. The van der Waals surface area contributed by atoms with Crippen molar-refractivity contribution in [2.24, 2.45) is 5.73 Å². The summed E-state index contributed by atoms with van der Waals surface area (Å²) in [5, 5.41) is 0. The standard InChI is InChI=1S/C10H14FNS/c1-7-3-8(5-9(11)4-7)10(12)6-13-2/h3-5,10H,6,12H2,1-2H3. The Morgan fingerprint density at radius 2 is 2.15 bits per heavy atom. The fraction of sp³-hybridized carbons (Fsp3) is 0.400. The summed E-state index contributed by atoms with van der Waals surface area (Å²) in [6, 6.07) is 4.89.